The largest absolute Gasteiger partial charge is 0.356 e. The zero-order valence-electron chi connectivity index (χ0n) is 13.0. The predicted molar refractivity (Wildman–Crippen MR) is 90.8 cm³/mol. The number of carbonyl (C=O) groups excluding carboxylic acids is 1. The number of carbonyl (C=O) groups is 1. The van der Waals surface area contributed by atoms with Gasteiger partial charge in [-0.05, 0) is 19.1 Å². The average Bonchev–Trinajstić information content (AvgIpc) is 2.78. The van der Waals surface area contributed by atoms with E-state index in [2.05, 4.69) is 10.6 Å². The fourth-order valence-electron chi connectivity index (χ4n) is 2.11. The van der Waals surface area contributed by atoms with Crippen LogP contribution in [0.25, 0.3) is 0 Å². The summed E-state index contributed by atoms with van der Waals surface area (Å²) in [6, 6.07) is 12.0. The highest BCUT2D eigenvalue weighted by Crippen LogP contribution is 2.21. The second kappa shape index (κ2) is 8.42. The van der Waals surface area contributed by atoms with Crippen LogP contribution in [0, 0.1) is 0 Å². The summed E-state index contributed by atoms with van der Waals surface area (Å²) in [6.45, 7) is 6.58. The molecule has 0 aliphatic carbocycles. The molecule has 1 atom stereocenters. The predicted octanol–water partition coefficient (Wildman–Crippen LogP) is 2.29. The highest BCUT2D eigenvalue weighted by molar-refractivity contribution is 7.80. The van der Waals surface area contributed by atoms with Crippen LogP contribution < -0.4 is 10.6 Å². The molecule has 114 valence electrons. The van der Waals surface area contributed by atoms with Crippen molar-refractivity contribution in [2.45, 2.75) is 26.8 Å². The number of rotatable bonds is 0. The topological polar surface area (TPSA) is 44.4 Å². The SMILES string of the molecule is CC.CC1NC(=S)NC2=C1C(=O)N(C)C2.c1ccccc1. The Labute approximate surface area is 132 Å². The number of hydrogen-bond acceptors (Lipinski definition) is 2. The molecule has 2 aliphatic heterocycles. The molecule has 21 heavy (non-hydrogen) atoms. The Morgan fingerprint density at radius 2 is 1.62 bits per heavy atom. The molecule has 0 saturated heterocycles. The van der Waals surface area contributed by atoms with Crippen molar-refractivity contribution in [1.82, 2.24) is 15.5 Å². The Hall–Kier alpha value is -1.88. The minimum Gasteiger partial charge on any atom is -0.356 e. The van der Waals surface area contributed by atoms with Crippen LogP contribution in [0.1, 0.15) is 20.8 Å². The maximum absolute atomic E-state index is 11.6. The second-order valence-corrected chi connectivity index (χ2v) is 4.94. The number of nitrogens with one attached hydrogen (secondary N) is 2. The van der Waals surface area contributed by atoms with Gasteiger partial charge in [-0.3, -0.25) is 4.79 Å². The summed E-state index contributed by atoms with van der Waals surface area (Å²) in [5.74, 6) is 0.0880. The number of likely N-dealkylation sites (N-methyl/N-ethyl adjacent to an activating group) is 1. The Balaban J connectivity index is 0.000000231. The third-order valence-electron chi connectivity index (χ3n) is 3.01. The van der Waals surface area contributed by atoms with Crippen molar-refractivity contribution in [2.75, 3.05) is 13.6 Å². The minimum absolute atomic E-state index is 0.0289. The number of thiocarbonyl (C=S) groups is 1. The number of hydrogen-bond donors (Lipinski definition) is 2. The molecule has 1 unspecified atom stereocenters. The molecule has 2 aliphatic rings. The van der Waals surface area contributed by atoms with Gasteiger partial charge in [-0.25, -0.2) is 0 Å². The van der Waals surface area contributed by atoms with Gasteiger partial charge in [0.1, 0.15) is 0 Å². The zero-order chi connectivity index (χ0) is 15.8. The number of benzene rings is 1. The van der Waals surface area contributed by atoms with Gasteiger partial charge in [0.05, 0.1) is 18.2 Å². The van der Waals surface area contributed by atoms with E-state index in [1.165, 1.54) is 0 Å². The first-order valence-electron chi connectivity index (χ1n) is 7.15. The minimum atomic E-state index is 0.0289. The molecule has 0 spiro atoms. The van der Waals surface area contributed by atoms with Crippen molar-refractivity contribution < 1.29 is 4.79 Å². The molecule has 0 saturated carbocycles. The van der Waals surface area contributed by atoms with Crippen LogP contribution in [0.3, 0.4) is 0 Å². The maximum atomic E-state index is 11.6. The molecule has 0 radical (unpaired) electrons. The lowest BCUT2D eigenvalue weighted by Gasteiger charge is -2.23. The van der Waals surface area contributed by atoms with Crippen LogP contribution in [0.4, 0.5) is 0 Å². The summed E-state index contributed by atoms with van der Waals surface area (Å²) < 4.78 is 0. The van der Waals surface area contributed by atoms with E-state index in [1.807, 2.05) is 57.2 Å². The van der Waals surface area contributed by atoms with Gasteiger partial charge in [-0.1, -0.05) is 50.2 Å². The molecule has 1 amide bonds. The smallest absolute Gasteiger partial charge is 0.253 e. The van der Waals surface area contributed by atoms with Gasteiger partial charge in [-0.2, -0.15) is 0 Å². The lowest BCUT2D eigenvalue weighted by atomic mass is 10.1. The summed E-state index contributed by atoms with van der Waals surface area (Å²) >= 11 is 5.00. The molecule has 5 heteroatoms. The van der Waals surface area contributed by atoms with Crippen LogP contribution in [-0.4, -0.2) is 35.6 Å². The van der Waals surface area contributed by atoms with E-state index in [0.717, 1.165) is 11.3 Å². The molecule has 0 fully saturated rings. The van der Waals surface area contributed by atoms with Gasteiger partial charge < -0.3 is 15.5 Å². The van der Waals surface area contributed by atoms with Crippen molar-refractivity contribution >= 4 is 23.2 Å². The summed E-state index contributed by atoms with van der Waals surface area (Å²) in [5, 5.41) is 6.63. The van der Waals surface area contributed by atoms with Gasteiger partial charge in [0.25, 0.3) is 5.91 Å². The van der Waals surface area contributed by atoms with Gasteiger partial charge in [0.2, 0.25) is 0 Å². The highest BCUT2D eigenvalue weighted by atomic mass is 32.1. The lowest BCUT2D eigenvalue weighted by molar-refractivity contribution is -0.124. The zero-order valence-corrected chi connectivity index (χ0v) is 13.8. The van der Waals surface area contributed by atoms with Crippen molar-refractivity contribution in [3.05, 3.63) is 47.7 Å². The summed E-state index contributed by atoms with van der Waals surface area (Å²) in [6.07, 6.45) is 0. The van der Waals surface area contributed by atoms with Crippen LogP contribution in [0.2, 0.25) is 0 Å². The van der Waals surface area contributed by atoms with E-state index < -0.39 is 0 Å². The summed E-state index contributed by atoms with van der Waals surface area (Å²) in [4.78, 5) is 13.3. The normalized spacial score (nSPS) is 19.4. The quantitative estimate of drug-likeness (QED) is 0.722. The first kappa shape index (κ1) is 17.2. The Morgan fingerprint density at radius 3 is 2.10 bits per heavy atom. The lowest BCUT2D eigenvalue weighted by Crippen LogP contribution is -2.47. The summed E-state index contributed by atoms with van der Waals surface area (Å²) in [5.41, 5.74) is 1.76. The molecular formula is C16H23N3OS. The van der Waals surface area contributed by atoms with Gasteiger partial charge in [0.15, 0.2) is 5.11 Å². The van der Waals surface area contributed by atoms with E-state index in [4.69, 9.17) is 12.2 Å². The summed E-state index contributed by atoms with van der Waals surface area (Å²) in [7, 11) is 1.79. The van der Waals surface area contributed by atoms with E-state index in [1.54, 1.807) is 11.9 Å². The second-order valence-electron chi connectivity index (χ2n) is 4.53. The first-order valence-corrected chi connectivity index (χ1v) is 7.56. The number of amides is 1. The third-order valence-corrected chi connectivity index (χ3v) is 3.23. The molecule has 4 nitrogen and oxygen atoms in total. The van der Waals surface area contributed by atoms with Crippen molar-refractivity contribution in [3.63, 3.8) is 0 Å². The first-order chi connectivity index (χ1) is 10.1. The molecule has 1 aromatic carbocycles. The Bertz CT molecular complexity index is 487. The monoisotopic (exact) mass is 305 g/mol. The molecular weight excluding hydrogens is 282 g/mol. The fourth-order valence-corrected chi connectivity index (χ4v) is 2.41. The maximum Gasteiger partial charge on any atom is 0.253 e. The molecule has 2 N–H and O–H groups in total. The van der Waals surface area contributed by atoms with E-state index in [0.29, 0.717) is 11.7 Å². The molecule has 3 rings (SSSR count). The van der Waals surface area contributed by atoms with Crippen LogP contribution >= 0.6 is 12.2 Å². The number of nitrogens with zero attached hydrogens (tertiary/aromatic N) is 1. The van der Waals surface area contributed by atoms with Crippen molar-refractivity contribution in [1.29, 1.82) is 0 Å². The van der Waals surface area contributed by atoms with E-state index >= 15 is 0 Å². The third kappa shape index (κ3) is 4.56. The standard InChI is InChI=1S/C8H11N3OS.C6H6.C2H6/c1-4-6-5(10-8(13)9-4)3-11(2)7(6)12;1-2-4-6-5-3-1;1-2/h4H,3H2,1-2H3,(H2,9,10,13);1-6H;1-2H3. The van der Waals surface area contributed by atoms with Gasteiger partial charge in [-0.15, -0.1) is 0 Å². The van der Waals surface area contributed by atoms with Crippen molar-refractivity contribution in [2.24, 2.45) is 0 Å². The Kier molecular flexibility index (Phi) is 6.88. The molecule has 0 bridgehead atoms. The van der Waals surface area contributed by atoms with E-state index in [9.17, 15) is 4.79 Å². The van der Waals surface area contributed by atoms with Crippen LogP contribution in [-0.2, 0) is 4.79 Å². The van der Waals surface area contributed by atoms with Gasteiger partial charge in [0, 0.05) is 12.7 Å². The van der Waals surface area contributed by atoms with Crippen LogP contribution in [0.15, 0.2) is 47.7 Å². The van der Waals surface area contributed by atoms with E-state index in [-0.39, 0.29) is 11.9 Å². The molecule has 2 heterocycles. The van der Waals surface area contributed by atoms with Crippen LogP contribution in [0.5, 0.6) is 0 Å². The molecule has 1 aromatic rings. The van der Waals surface area contributed by atoms with Crippen molar-refractivity contribution in [3.8, 4) is 0 Å². The average molecular weight is 305 g/mol. The van der Waals surface area contributed by atoms with Gasteiger partial charge >= 0.3 is 0 Å². The fraction of sp³-hybridized carbons (Fsp3) is 0.375. The Morgan fingerprint density at radius 1 is 1.14 bits per heavy atom. The highest BCUT2D eigenvalue weighted by Gasteiger charge is 2.34. The molecule has 0 aromatic heterocycles.